The summed E-state index contributed by atoms with van der Waals surface area (Å²) in [6.45, 7) is 0. The third-order valence-electron chi connectivity index (χ3n) is 3.41. The number of carbonyl (C=O) groups is 2. The molecule has 3 rings (SSSR count). The molecule has 0 spiro atoms. The molecule has 0 unspecified atom stereocenters. The highest BCUT2D eigenvalue weighted by Gasteiger charge is 2.21. The summed E-state index contributed by atoms with van der Waals surface area (Å²) in [6.07, 6.45) is 1.94. The highest BCUT2D eigenvalue weighted by Crippen LogP contribution is 2.24. The number of Topliss-reactive ketones (excluding diaryl/α,β-unsaturated/α-hetero) is 2. The first kappa shape index (κ1) is 11.9. The van der Waals surface area contributed by atoms with Crippen molar-refractivity contribution < 1.29 is 14.0 Å². The van der Waals surface area contributed by atoms with E-state index in [1.165, 1.54) is 0 Å². The molecule has 0 fully saturated rings. The molecule has 1 aliphatic carbocycles. The Bertz CT molecular complexity index is 623. The van der Waals surface area contributed by atoms with Crippen molar-refractivity contribution in [2.24, 2.45) is 0 Å². The third-order valence-corrected chi connectivity index (χ3v) is 3.41. The van der Waals surface area contributed by atoms with Crippen molar-refractivity contribution in [3.8, 4) is 0 Å². The van der Waals surface area contributed by atoms with Gasteiger partial charge in [-0.25, -0.2) is 0 Å². The van der Waals surface area contributed by atoms with E-state index in [0.29, 0.717) is 24.2 Å². The minimum absolute atomic E-state index is 0.0398. The van der Waals surface area contributed by atoms with Crippen LogP contribution >= 0.6 is 0 Å². The number of rotatable bonds is 3. The van der Waals surface area contributed by atoms with Gasteiger partial charge in [-0.3, -0.25) is 9.59 Å². The van der Waals surface area contributed by atoms with Gasteiger partial charge in [0, 0.05) is 12.0 Å². The second kappa shape index (κ2) is 4.84. The zero-order valence-electron chi connectivity index (χ0n) is 10.5. The molecule has 1 aromatic heterocycles. The molecule has 0 amide bonds. The molecule has 1 heterocycles. The standard InChI is InChI=1S/C16H14O3/c17-13-7-6-12-8-14(19-16(12)9-13)10-15(18)11-4-2-1-3-5-11/h1-5,8H,6-7,9-10H2. The van der Waals surface area contributed by atoms with Crippen molar-refractivity contribution in [3.63, 3.8) is 0 Å². The van der Waals surface area contributed by atoms with Crippen LogP contribution in [0.2, 0.25) is 0 Å². The zero-order valence-corrected chi connectivity index (χ0v) is 10.5. The Hall–Kier alpha value is -2.16. The van der Waals surface area contributed by atoms with Gasteiger partial charge in [-0.2, -0.15) is 0 Å². The molecule has 0 atom stereocenters. The van der Waals surface area contributed by atoms with Crippen LogP contribution in [0.15, 0.2) is 40.8 Å². The summed E-state index contributed by atoms with van der Waals surface area (Å²) < 4.78 is 5.63. The Balaban J connectivity index is 1.78. The molecule has 96 valence electrons. The quantitative estimate of drug-likeness (QED) is 0.791. The number of ketones is 2. The van der Waals surface area contributed by atoms with Gasteiger partial charge in [-0.1, -0.05) is 30.3 Å². The van der Waals surface area contributed by atoms with Crippen molar-refractivity contribution in [2.45, 2.75) is 25.7 Å². The van der Waals surface area contributed by atoms with E-state index < -0.39 is 0 Å². The molecular weight excluding hydrogens is 240 g/mol. The van der Waals surface area contributed by atoms with Crippen molar-refractivity contribution in [3.05, 3.63) is 59.0 Å². The van der Waals surface area contributed by atoms with Crippen molar-refractivity contribution >= 4 is 11.6 Å². The van der Waals surface area contributed by atoms with Crippen LogP contribution in [0.1, 0.15) is 33.9 Å². The molecule has 0 radical (unpaired) electrons. The summed E-state index contributed by atoms with van der Waals surface area (Å²) >= 11 is 0. The van der Waals surface area contributed by atoms with E-state index in [4.69, 9.17) is 4.42 Å². The van der Waals surface area contributed by atoms with E-state index in [1.807, 2.05) is 24.3 Å². The summed E-state index contributed by atoms with van der Waals surface area (Å²) in [4.78, 5) is 23.4. The summed E-state index contributed by atoms with van der Waals surface area (Å²) in [7, 11) is 0. The average Bonchev–Trinajstić information content (AvgIpc) is 2.81. The first-order valence-corrected chi connectivity index (χ1v) is 6.43. The minimum atomic E-state index is 0.0398. The summed E-state index contributed by atoms with van der Waals surface area (Å²) in [6, 6.07) is 11.1. The van der Waals surface area contributed by atoms with Crippen LogP contribution in [0.25, 0.3) is 0 Å². The minimum Gasteiger partial charge on any atom is -0.465 e. The van der Waals surface area contributed by atoms with Crippen LogP contribution < -0.4 is 0 Å². The molecule has 19 heavy (non-hydrogen) atoms. The van der Waals surface area contributed by atoms with E-state index in [-0.39, 0.29) is 18.0 Å². The third kappa shape index (κ3) is 2.50. The van der Waals surface area contributed by atoms with Crippen molar-refractivity contribution in [1.29, 1.82) is 0 Å². The lowest BCUT2D eigenvalue weighted by molar-refractivity contribution is -0.119. The molecule has 0 aliphatic heterocycles. The average molecular weight is 254 g/mol. The van der Waals surface area contributed by atoms with Gasteiger partial charge in [0.1, 0.15) is 17.3 Å². The molecule has 1 aromatic carbocycles. The molecular formula is C16H14O3. The maximum Gasteiger partial charge on any atom is 0.170 e. The first-order chi connectivity index (χ1) is 9.22. The summed E-state index contributed by atoms with van der Waals surface area (Å²) in [5.74, 6) is 1.65. The number of furan rings is 1. The lowest BCUT2D eigenvalue weighted by atomic mass is 9.97. The summed E-state index contributed by atoms with van der Waals surface area (Å²) in [5, 5.41) is 0. The maximum atomic E-state index is 12.1. The fraction of sp³-hybridized carbons (Fsp3) is 0.250. The molecule has 0 N–H and O–H groups in total. The van der Waals surface area contributed by atoms with E-state index in [0.717, 1.165) is 17.7 Å². The number of benzene rings is 1. The number of carbonyl (C=O) groups excluding carboxylic acids is 2. The van der Waals surface area contributed by atoms with Gasteiger partial charge >= 0.3 is 0 Å². The zero-order chi connectivity index (χ0) is 13.2. The van der Waals surface area contributed by atoms with Crippen molar-refractivity contribution in [2.75, 3.05) is 0 Å². The molecule has 0 bridgehead atoms. The second-order valence-corrected chi connectivity index (χ2v) is 4.84. The van der Waals surface area contributed by atoms with E-state index >= 15 is 0 Å². The fourth-order valence-electron chi connectivity index (χ4n) is 2.40. The monoisotopic (exact) mass is 254 g/mol. The van der Waals surface area contributed by atoms with Crippen molar-refractivity contribution in [1.82, 2.24) is 0 Å². The normalized spacial score (nSPS) is 14.2. The Kier molecular flexibility index (Phi) is 3.03. The molecule has 0 saturated carbocycles. The van der Waals surface area contributed by atoms with Gasteiger partial charge in [-0.05, 0) is 18.1 Å². The van der Waals surface area contributed by atoms with Crippen LogP contribution in [0.4, 0.5) is 0 Å². The lowest BCUT2D eigenvalue weighted by Crippen LogP contribution is -2.10. The largest absolute Gasteiger partial charge is 0.465 e. The van der Waals surface area contributed by atoms with Crippen LogP contribution in [0.3, 0.4) is 0 Å². The highest BCUT2D eigenvalue weighted by atomic mass is 16.3. The number of hydrogen-bond acceptors (Lipinski definition) is 3. The molecule has 2 aromatic rings. The Morgan fingerprint density at radius 3 is 2.74 bits per heavy atom. The SMILES string of the molecule is O=C1CCc2cc(CC(=O)c3ccccc3)oc2C1. The molecule has 3 heteroatoms. The fourth-order valence-corrected chi connectivity index (χ4v) is 2.40. The highest BCUT2D eigenvalue weighted by molar-refractivity contribution is 5.97. The maximum absolute atomic E-state index is 12.1. The number of hydrogen-bond donors (Lipinski definition) is 0. The van der Waals surface area contributed by atoms with Gasteiger partial charge in [0.25, 0.3) is 0 Å². The summed E-state index contributed by atoms with van der Waals surface area (Å²) in [5.41, 5.74) is 1.77. The van der Waals surface area contributed by atoms with Crippen LogP contribution in [-0.4, -0.2) is 11.6 Å². The smallest absolute Gasteiger partial charge is 0.170 e. The van der Waals surface area contributed by atoms with Crippen LogP contribution in [0, 0.1) is 0 Å². The van der Waals surface area contributed by atoms with E-state index in [9.17, 15) is 9.59 Å². The van der Waals surface area contributed by atoms with Crippen LogP contribution in [0.5, 0.6) is 0 Å². The van der Waals surface area contributed by atoms with Gasteiger partial charge in [0.15, 0.2) is 5.78 Å². The molecule has 3 nitrogen and oxygen atoms in total. The molecule has 0 saturated heterocycles. The molecule has 1 aliphatic rings. The first-order valence-electron chi connectivity index (χ1n) is 6.43. The second-order valence-electron chi connectivity index (χ2n) is 4.84. The van der Waals surface area contributed by atoms with E-state index in [1.54, 1.807) is 12.1 Å². The Morgan fingerprint density at radius 2 is 1.95 bits per heavy atom. The number of aryl methyl sites for hydroxylation is 1. The van der Waals surface area contributed by atoms with Gasteiger partial charge in [-0.15, -0.1) is 0 Å². The predicted octanol–water partition coefficient (Wildman–Crippen LogP) is 2.76. The van der Waals surface area contributed by atoms with E-state index in [2.05, 4.69) is 0 Å². The lowest BCUT2D eigenvalue weighted by Gasteiger charge is -2.06. The van der Waals surface area contributed by atoms with Crippen LogP contribution in [-0.2, 0) is 24.1 Å². The Morgan fingerprint density at radius 1 is 1.16 bits per heavy atom. The van der Waals surface area contributed by atoms with Gasteiger partial charge in [0.2, 0.25) is 0 Å². The van der Waals surface area contributed by atoms with Gasteiger partial charge < -0.3 is 4.42 Å². The topological polar surface area (TPSA) is 47.3 Å². The van der Waals surface area contributed by atoms with Gasteiger partial charge in [0.05, 0.1) is 12.8 Å². The Labute approximate surface area is 111 Å². The predicted molar refractivity (Wildman–Crippen MR) is 70.2 cm³/mol. The number of fused-ring (bicyclic) bond motifs is 1.